The lowest BCUT2D eigenvalue weighted by Crippen LogP contribution is -2.52. The Bertz CT molecular complexity index is 3330. The number of methoxy groups -OCH3 is 1. The molecule has 0 amide bonds. The minimum atomic E-state index is -0.221. The van der Waals surface area contributed by atoms with E-state index in [0.29, 0.717) is 27.4 Å². The molecule has 20 bridgehead atoms. The van der Waals surface area contributed by atoms with Crippen LogP contribution in [-0.2, 0) is 16.0 Å². The van der Waals surface area contributed by atoms with Crippen molar-refractivity contribution in [3.63, 3.8) is 0 Å². The maximum Gasteiger partial charge on any atom is 0.323 e. The lowest BCUT2D eigenvalue weighted by molar-refractivity contribution is -0.143. The van der Waals surface area contributed by atoms with Gasteiger partial charge in [-0.2, -0.15) is 0 Å². The van der Waals surface area contributed by atoms with Crippen molar-refractivity contribution in [3.8, 4) is 11.5 Å². The van der Waals surface area contributed by atoms with Gasteiger partial charge in [-0.05, 0) is 406 Å². The van der Waals surface area contributed by atoms with Crippen LogP contribution in [-0.4, -0.2) is 97.7 Å². The van der Waals surface area contributed by atoms with Crippen molar-refractivity contribution in [2.75, 3.05) is 39.9 Å². The summed E-state index contributed by atoms with van der Waals surface area (Å²) < 4.78 is 5.02. The SMILES string of the molecule is C1=NC=C(CCNCC23CC4CC(CC(C4)C2)C3)C1.CC(CCc1ccc(O)cc1)C12CC3CC(CC(C3)C1)C2.COC(=O)C(CC1=CN=CC1)NCC12CC3CC(CC(C3)C1)C2.NC(=Nc1ccc(O)cc1)C12CC3CC(CC(C3)C1)C2.OCC(CC1=CN=CC1)NCC12CC3CC(CC(C3)C1)C2. The quantitative estimate of drug-likeness (QED) is 0.0245. The fraction of sp³-hybridized carbons (Fsp3) is 0.747. The van der Waals surface area contributed by atoms with E-state index in [0.717, 1.165) is 158 Å². The number of aromatic hydroxyl groups is 2. The van der Waals surface area contributed by atoms with Gasteiger partial charge < -0.3 is 41.7 Å². The maximum absolute atomic E-state index is 12.2. The van der Waals surface area contributed by atoms with E-state index in [1.54, 1.807) is 50.7 Å². The van der Waals surface area contributed by atoms with Crippen molar-refractivity contribution >= 4 is 36.1 Å². The van der Waals surface area contributed by atoms with E-state index in [9.17, 15) is 20.1 Å². The number of aliphatic hydroxyl groups excluding tert-OH is 1. The third kappa shape index (κ3) is 17.2. The fourth-order valence-corrected chi connectivity index (χ4v) is 28.9. The zero-order valence-electron chi connectivity index (χ0n) is 63.9. The third-order valence-corrected chi connectivity index (χ3v) is 31.6. The molecule has 8 N–H and O–H groups in total. The summed E-state index contributed by atoms with van der Waals surface area (Å²) in [7, 11) is 1.49. The lowest BCUT2D eigenvalue weighted by atomic mass is 9.46. The average Bonchev–Trinajstić information content (AvgIpc) is 1.08. The number of benzene rings is 2. The monoisotopic (exact) mass is 1420 g/mol. The zero-order valence-corrected chi connectivity index (χ0v) is 63.9. The minimum absolute atomic E-state index is 0.137. The molecular formula is C91H132N8O5. The first-order chi connectivity index (χ1) is 50.5. The van der Waals surface area contributed by atoms with Crippen molar-refractivity contribution < 1.29 is 24.9 Å². The predicted molar refractivity (Wildman–Crippen MR) is 421 cm³/mol. The first-order valence-corrected chi connectivity index (χ1v) is 42.8. The van der Waals surface area contributed by atoms with Crippen LogP contribution in [0.5, 0.6) is 11.5 Å². The highest BCUT2D eigenvalue weighted by Gasteiger charge is 2.56. The predicted octanol–water partition coefficient (Wildman–Crippen LogP) is 18.3. The summed E-state index contributed by atoms with van der Waals surface area (Å²) in [5, 5.41) is 39.5. The Morgan fingerprint density at radius 2 is 0.875 bits per heavy atom. The summed E-state index contributed by atoms with van der Waals surface area (Å²) in [4.78, 5) is 29.3. The number of aliphatic hydroxyl groups is 1. The number of nitrogens with two attached hydrogens (primary N) is 1. The second kappa shape index (κ2) is 31.6. The molecule has 20 saturated carbocycles. The van der Waals surface area contributed by atoms with E-state index in [4.69, 9.17) is 10.5 Å². The number of carbonyl (C=O) groups is 1. The molecule has 23 aliphatic rings. The normalized spacial score (nSPS) is 40.1. The standard InChI is InChI=1S/C20H28O.C19H28N2O2.C18H28N2O.C17H22N2O.C17H26N2/c1-14(2-3-15-4-6-19(21)7-5-15)20-11-16-8-17(12-20)10-18(9-16)13-20;1-23-18(22)17(7-13-2-3-20-11-13)21-12-19-8-14-4-15(9-19)6-16(5-14)10-19;21-11-17(6-13-1-2-19-10-13)20-12-18-7-14-3-15(8-18)5-16(4-14)9-18;18-16(19-14-1-3-15(20)4-2-14)17-8-11-5-12(9-17)7-13(6-11)10-17;1-3-18-11-13(1)2-4-19-12-17-8-14-5-15(9-17)7-16(6-14)10-17/h4-7,14,16-18,21H,2-3,8-13H2,1H3;3,11,14-17,21H,2,4-10,12H2,1H3;2,10,14-17,20-21H,1,3-9,11-12H2;1-4,11-13,20H,5-10H2,(H2,18,19);3,11,14-16,19H,1-2,4-10,12H2. The van der Waals surface area contributed by atoms with Crippen molar-refractivity contribution in [1.29, 1.82) is 0 Å². The molecule has 13 heteroatoms. The minimum Gasteiger partial charge on any atom is -0.508 e. The molecule has 2 aromatic rings. The molecular weight excluding hydrogens is 1290 g/mol. The molecule has 104 heavy (non-hydrogen) atoms. The maximum atomic E-state index is 12.2. The number of phenols is 2. The number of hydrogen-bond donors (Lipinski definition) is 7. The van der Waals surface area contributed by atoms with Crippen molar-refractivity contribution in [2.45, 2.75) is 263 Å². The van der Waals surface area contributed by atoms with Crippen molar-refractivity contribution in [3.05, 3.63) is 89.4 Å². The van der Waals surface area contributed by atoms with Gasteiger partial charge in [-0.25, -0.2) is 4.99 Å². The van der Waals surface area contributed by atoms with Crippen LogP contribution in [0, 0.1) is 122 Å². The number of phenolic OH excluding ortho intramolecular Hbond substituents is 2. The van der Waals surface area contributed by atoms with E-state index in [1.165, 1.54) is 209 Å². The Kier molecular flexibility index (Phi) is 22.2. The Morgan fingerprint density at radius 1 is 0.500 bits per heavy atom. The number of rotatable bonds is 23. The van der Waals surface area contributed by atoms with Gasteiger partial charge in [0.1, 0.15) is 23.4 Å². The molecule has 2 aromatic carbocycles. The van der Waals surface area contributed by atoms with Crippen LogP contribution < -0.4 is 21.7 Å². The van der Waals surface area contributed by atoms with Crippen LogP contribution in [0.15, 0.2) is 104 Å². The Hall–Kier alpha value is -4.95. The second-order valence-corrected chi connectivity index (χ2v) is 39.9. The number of aryl methyl sites for hydroxylation is 1. The smallest absolute Gasteiger partial charge is 0.323 e. The first kappa shape index (κ1) is 73.2. The lowest BCUT2D eigenvalue weighted by Gasteiger charge is -2.59. The van der Waals surface area contributed by atoms with Gasteiger partial charge in [0.05, 0.1) is 19.4 Å². The molecule has 13 nitrogen and oxygen atoms in total. The van der Waals surface area contributed by atoms with Crippen LogP contribution in [0.3, 0.4) is 0 Å². The molecule has 20 fully saturated rings. The van der Waals surface area contributed by atoms with Gasteiger partial charge in [0, 0.05) is 87.6 Å². The molecule has 0 saturated heterocycles. The van der Waals surface area contributed by atoms with Gasteiger partial charge in [0.2, 0.25) is 0 Å². The molecule has 0 aromatic heterocycles. The van der Waals surface area contributed by atoms with Gasteiger partial charge in [0.25, 0.3) is 0 Å². The largest absolute Gasteiger partial charge is 0.508 e. The summed E-state index contributed by atoms with van der Waals surface area (Å²) >= 11 is 0. The van der Waals surface area contributed by atoms with E-state index < -0.39 is 0 Å². The number of carbonyl (C=O) groups excluding carboxylic acids is 1. The Labute approximate surface area is 624 Å². The van der Waals surface area contributed by atoms with Crippen molar-refractivity contribution in [2.24, 2.45) is 147 Å². The molecule has 25 rings (SSSR count). The number of hydrogen-bond acceptors (Lipinski definition) is 12. The van der Waals surface area contributed by atoms with Gasteiger partial charge >= 0.3 is 5.97 Å². The van der Waals surface area contributed by atoms with Crippen LogP contribution in [0.4, 0.5) is 5.69 Å². The fourth-order valence-electron chi connectivity index (χ4n) is 28.9. The van der Waals surface area contributed by atoms with Crippen molar-refractivity contribution in [1.82, 2.24) is 16.0 Å². The molecule has 3 heterocycles. The summed E-state index contributed by atoms with van der Waals surface area (Å²) in [6, 6.07) is 14.8. The number of nitrogens with zero attached hydrogens (tertiary/aromatic N) is 4. The highest BCUT2D eigenvalue weighted by atomic mass is 16.5. The van der Waals surface area contributed by atoms with E-state index in [2.05, 4.69) is 55.0 Å². The van der Waals surface area contributed by atoms with E-state index in [-0.39, 0.29) is 35.8 Å². The molecule has 566 valence electrons. The van der Waals surface area contributed by atoms with Gasteiger partial charge in [0.15, 0.2) is 0 Å². The van der Waals surface area contributed by atoms with E-state index in [1.807, 2.05) is 61.5 Å². The molecule has 0 radical (unpaired) electrons. The molecule has 3 atom stereocenters. The summed E-state index contributed by atoms with van der Waals surface area (Å²) in [6.07, 6.45) is 63.8. The first-order valence-electron chi connectivity index (χ1n) is 42.8. The van der Waals surface area contributed by atoms with Crippen LogP contribution in [0.2, 0.25) is 0 Å². The summed E-state index contributed by atoms with van der Waals surface area (Å²) in [5.41, 5.74) is 15.3. The molecule has 0 spiro atoms. The number of nitrogens with one attached hydrogen (secondary N) is 3. The molecule has 20 aliphatic carbocycles. The molecule has 3 unspecified atom stereocenters. The van der Waals surface area contributed by atoms with Crippen LogP contribution in [0.1, 0.15) is 250 Å². The molecule has 3 aliphatic heterocycles. The Balaban J connectivity index is 0.000000100. The zero-order chi connectivity index (χ0) is 71.1. The number of amidine groups is 1. The summed E-state index contributed by atoms with van der Waals surface area (Å²) in [6.45, 7) is 7.29. The number of ether oxygens (including phenoxy) is 1. The Morgan fingerprint density at radius 3 is 1.28 bits per heavy atom. The third-order valence-electron chi connectivity index (χ3n) is 31.6. The van der Waals surface area contributed by atoms with Gasteiger partial charge in [-0.3, -0.25) is 19.8 Å². The number of esters is 1. The average molecular weight is 1420 g/mol. The number of aliphatic imine (C=N–C) groups is 4. The second-order valence-electron chi connectivity index (χ2n) is 39.9. The highest BCUT2D eigenvalue weighted by Crippen LogP contribution is 2.66. The summed E-state index contributed by atoms with van der Waals surface area (Å²) in [5.74, 6) is 17.2. The van der Waals surface area contributed by atoms with Crippen LogP contribution in [0.25, 0.3) is 0 Å². The van der Waals surface area contributed by atoms with E-state index >= 15 is 0 Å². The van der Waals surface area contributed by atoms with Gasteiger partial charge in [-0.1, -0.05) is 19.1 Å². The topological polar surface area (TPSA) is 199 Å². The van der Waals surface area contributed by atoms with Gasteiger partial charge in [-0.15, -0.1) is 0 Å². The van der Waals surface area contributed by atoms with Crippen LogP contribution >= 0.6 is 0 Å². The highest BCUT2D eigenvalue weighted by molar-refractivity contribution is 5.89.